The van der Waals surface area contributed by atoms with Gasteiger partial charge in [-0.3, -0.25) is 10.1 Å². The van der Waals surface area contributed by atoms with Crippen LogP contribution in [0.5, 0.6) is 0 Å². The van der Waals surface area contributed by atoms with E-state index in [4.69, 9.17) is 0 Å². The molecule has 0 unspecified atom stereocenters. The average Bonchev–Trinajstić information content (AvgIpc) is 2.50. The van der Waals surface area contributed by atoms with E-state index in [0.29, 0.717) is 6.42 Å². The molecule has 0 radical (unpaired) electrons. The van der Waals surface area contributed by atoms with E-state index in [0.717, 1.165) is 44.6 Å². The first-order valence-corrected chi connectivity index (χ1v) is 9.21. The molecule has 0 aliphatic heterocycles. The number of benzene rings is 1. The summed E-state index contributed by atoms with van der Waals surface area (Å²) in [4.78, 5) is 10.1. The van der Waals surface area contributed by atoms with Gasteiger partial charge in [0.15, 0.2) is 9.84 Å². The van der Waals surface area contributed by atoms with Crippen LogP contribution in [0.25, 0.3) is 0 Å². The van der Waals surface area contributed by atoms with Crippen LogP contribution < -0.4 is 0 Å². The summed E-state index contributed by atoms with van der Waals surface area (Å²) in [6.45, 7) is 3.67. The molecule has 1 aromatic rings. The molecule has 1 aromatic carbocycles. The van der Waals surface area contributed by atoms with E-state index >= 15 is 0 Å². The van der Waals surface area contributed by atoms with E-state index in [9.17, 15) is 18.5 Å². The second-order valence-electron chi connectivity index (χ2n) is 5.27. The second-order valence-corrected chi connectivity index (χ2v) is 7.38. The van der Waals surface area contributed by atoms with Crippen molar-refractivity contribution in [2.45, 2.75) is 49.8 Å². The van der Waals surface area contributed by atoms with Crippen molar-refractivity contribution in [1.82, 2.24) is 0 Å². The lowest BCUT2D eigenvalue weighted by atomic mass is 10.1. The van der Waals surface area contributed by atoms with Crippen molar-refractivity contribution in [2.24, 2.45) is 0 Å². The monoisotopic (exact) mass is 325 g/mol. The molecule has 0 saturated heterocycles. The first kappa shape index (κ1) is 18.4. The van der Waals surface area contributed by atoms with Crippen LogP contribution >= 0.6 is 0 Å². The zero-order chi connectivity index (χ0) is 16.4. The third kappa shape index (κ3) is 6.39. The zero-order valence-corrected chi connectivity index (χ0v) is 13.6. The Hall–Kier alpha value is -1.69. The van der Waals surface area contributed by atoms with E-state index in [-0.39, 0.29) is 16.3 Å². The Kier molecular flexibility index (Phi) is 7.80. The molecule has 0 amide bonds. The van der Waals surface area contributed by atoms with Gasteiger partial charge in [-0.1, -0.05) is 37.8 Å². The van der Waals surface area contributed by atoms with Crippen LogP contribution in [0.4, 0.5) is 5.69 Å². The van der Waals surface area contributed by atoms with Gasteiger partial charge in [-0.15, -0.1) is 6.58 Å². The van der Waals surface area contributed by atoms with Gasteiger partial charge in [-0.2, -0.15) is 0 Å². The van der Waals surface area contributed by atoms with Crippen LogP contribution in [0.3, 0.4) is 0 Å². The second kappa shape index (κ2) is 9.35. The molecular weight excluding hydrogens is 302 g/mol. The number of sulfone groups is 1. The number of non-ortho nitro benzene ring substituents is 1. The van der Waals surface area contributed by atoms with Gasteiger partial charge in [-0.05, 0) is 25.3 Å². The van der Waals surface area contributed by atoms with Crippen molar-refractivity contribution in [2.75, 3.05) is 5.75 Å². The molecule has 1 rings (SSSR count). The first-order valence-electron chi connectivity index (χ1n) is 7.55. The van der Waals surface area contributed by atoms with E-state index in [2.05, 4.69) is 6.58 Å². The van der Waals surface area contributed by atoms with Crippen molar-refractivity contribution < 1.29 is 13.3 Å². The predicted molar refractivity (Wildman–Crippen MR) is 87.7 cm³/mol. The standard InChI is InChI=1S/C16H23NO4S/c1-2-3-4-5-6-7-8-9-13-22(20,21)16-12-10-11-15(14-16)17(18)19/h2,10-12,14H,1,3-9,13H2. The lowest BCUT2D eigenvalue weighted by Gasteiger charge is -2.05. The van der Waals surface area contributed by atoms with E-state index in [1.807, 2.05) is 6.08 Å². The molecule has 5 nitrogen and oxygen atoms in total. The fourth-order valence-electron chi connectivity index (χ4n) is 2.20. The summed E-state index contributed by atoms with van der Waals surface area (Å²) < 4.78 is 24.3. The maximum absolute atomic E-state index is 12.1. The molecule has 0 atom stereocenters. The number of allylic oxidation sites excluding steroid dienone is 1. The molecule has 6 heteroatoms. The number of rotatable bonds is 11. The minimum atomic E-state index is -3.44. The number of nitrogens with zero attached hydrogens (tertiary/aromatic N) is 1. The summed E-state index contributed by atoms with van der Waals surface area (Å²) in [7, 11) is -3.44. The summed E-state index contributed by atoms with van der Waals surface area (Å²) in [5.74, 6) is 0.0425. The van der Waals surface area contributed by atoms with Gasteiger partial charge in [0.25, 0.3) is 5.69 Å². The highest BCUT2D eigenvalue weighted by molar-refractivity contribution is 7.91. The largest absolute Gasteiger partial charge is 0.270 e. The Morgan fingerprint density at radius 3 is 2.36 bits per heavy atom. The third-order valence-electron chi connectivity index (χ3n) is 3.46. The fourth-order valence-corrected chi connectivity index (χ4v) is 3.60. The van der Waals surface area contributed by atoms with Crippen molar-refractivity contribution in [3.05, 3.63) is 47.0 Å². The molecule has 0 fully saturated rings. The van der Waals surface area contributed by atoms with Crippen LogP contribution in [-0.4, -0.2) is 19.1 Å². The lowest BCUT2D eigenvalue weighted by molar-refractivity contribution is -0.385. The summed E-state index contributed by atoms with van der Waals surface area (Å²) in [6.07, 6.45) is 8.78. The van der Waals surface area contributed by atoms with Gasteiger partial charge in [0, 0.05) is 12.1 Å². The maximum Gasteiger partial charge on any atom is 0.270 e. The Bertz CT molecular complexity index is 596. The quantitative estimate of drug-likeness (QED) is 0.263. The van der Waals surface area contributed by atoms with Gasteiger partial charge < -0.3 is 0 Å². The van der Waals surface area contributed by atoms with Crippen molar-refractivity contribution in [3.63, 3.8) is 0 Å². The smallest absolute Gasteiger partial charge is 0.258 e. The molecule has 0 heterocycles. The van der Waals surface area contributed by atoms with E-state index < -0.39 is 14.8 Å². The number of unbranched alkanes of at least 4 members (excludes halogenated alkanes) is 6. The summed E-state index contributed by atoms with van der Waals surface area (Å²) in [6, 6.07) is 5.25. The lowest BCUT2D eigenvalue weighted by Crippen LogP contribution is -2.07. The van der Waals surface area contributed by atoms with Gasteiger partial charge in [-0.25, -0.2) is 8.42 Å². The Balaban J connectivity index is 2.39. The highest BCUT2D eigenvalue weighted by Crippen LogP contribution is 2.19. The third-order valence-corrected chi connectivity index (χ3v) is 5.26. The van der Waals surface area contributed by atoms with Gasteiger partial charge in [0.05, 0.1) is 15.6 Å². The maximum atomic E-state index is 12.1. The molecule has 22 heavy (non-hydrogen) atoms. The van der Waals surface area contributed by atoms with Gasteiger partial charge in [0.1, 0.15) is 0 Å². The van der Waals surface area contributed by atoms with E-state index in [1.54, 1.807) is 0 Å². The van der Waals surface area contributed by atoms with Crippen LogP contribution in [0.1, 0.15) is 44.9 Å². The topological polar surface area (TPSA) is 77.3 Å². The highest BCUT2D eigenvalue weighted by atomic mass is 32.2. The van der Waals surface area contributed by atoms with Crippen LogP contribution in [0, 0.1) is 10.1 Å². The number of hydrogen-bond acceptors (Lipinski definition) is 4. The molecular formula is C16H23NO4S. The first-order chi connectivity index (χ1) is 10.5. The minimum Gasteiger partial charge on any atom is -0.258 e. The number of hydrogen-bond donors (Lipinski definition) is 0. The molecule has 0 N–H and O–H groups in total. The van der Waals surface area contributed by atoms with Crippen LogP contribution in [0.2, 0.25) is 0 Å². The molecule has 0 aromatic heterocycles. The van der Waals surface area contributed by atoms with Gasteiger partial charge >= 0.3 is 0 Å². The van der Waals surface area contributed by atoms with Crippen LogP contribution in [-0.2, 0) is 9.84 Å². The Labute approximate surface area is 132 Å². The van der Waals surface area contributed by atoms with Crippen molar-refractivity contribution in [3.8, 4) is 0 Å². The molecule has 0 spiro atoms. The fraction of sp³-hybridized carbons (Fsp3) is 0.500. The average molecular weight is 325 g/mol. The molecule has 0 aliphatic rings. The molecule has 0 bridgehead atoms. The molecule has 122 valence electrons. The number of nitro groups is 1. The highest BCUT2D eigenvalue weighted by Gasteiger charge is 2.17. The summed E-state index contributed by atoms with van der Waals surface area (Å²) in [5.41, 5.74) is -0.191. The predicted octanol–water partition coefficient (Wildman–Crippen LogP) is 4.29. The van der Waals surface area contributed by atoms with Crippen LogP contribution in [0.15, 0.2) is 41.8 Å². The Morgan fingerprint density at radius 1 is 1.09 bits per heavy atom. The number of nitro benzene ring substituents is 1. The minimum absolute atomic E-state index is 0.0349. The molecule has 0 saturated carbocycles. The van der Waals surface area contributed by atoms with E-state index in [1.165, 1.54) is 18.2 Å². The summed E-state index contributed by atoms with van der Waals surface area (Å²) in [5, 5.41) is 10.7. The normalized spacial score (nSPS) is 11.3. The van der Waals surface area contributed by atoms with Crippen molar-refractivity contribution in [1.29, 1.82) is 0 Å². The molecule has 0 aliphatic carbocycles. The van der Waals surface area contributed by atoms with Gasteiger partial charge in [0.2, 0.25) is 0 Å². The summed E-state index contributed by atoms with van der Waals surface area (Å²) >= 11 is 0. The zero-order valence-electron chi connectivity index (χ0n) is 12.7. The van der Waals surface area contributed by atoms with Crippen molar-refractivity contribution >= 4 is 15.5 Å². The Morgan fingerprint density at radius 2 is 1.73 bits per heavy atom. The SMILES string of the molecule is C=CCCCCCCCCS(=O)(=O)c1cccc([N+](=O)[O-])c1.